The van der Waals surface area contributed by atoms with Crippen LogP contribution in [-0.2, 0) is 4.74 Å². The zero-order valence-electron chi connectivity index (χ0n) is 16.0. The minimum absolute atomic E-state index is 0.190. The Balaban J connectivity index is 0.000000198. The van der Waals surface area contributed by atoms with Gasteiger partial charge in [-0.05, 0) is 31.4 Å². The lowest BCUT2D eigenvalue weighted by atomic mass is 10.2. The summed E-state index contributed by atoms with van der Waals surface area (Å²) < 4.78 is 7.90. The van der Waals surface area contributed by atoms with Gasteiger partial charge in [-0.15, -0.1) is 0 Å². The van der Waals surface area contributed by atoms with Crippen molar-refractivity contribution in [2.45, 2.75) is 64.8 Å². The summed E-state index contributed by atoms with van der Waals surface area (Å²) in [5.74, 6) is 0. The highest BCUT2D eigenvalue weighted by Crippen LogP contribution is 2.21. The molecule has 1 aliphatic heterocycles. The summed E-state index contributed by atoms with van der Waals surface area (Å²) in [6.07, 6.45) is 7.48. The molecule has 3 rings (SSSR count). The summed E-state index contributed by atoms with van der Waals surface area (Å²) in [4.78, 5) is 0. The Morgan fingerprint density at radius 2 is 1.79 bits per heavy atom. The van der Waals surface area contributed by atoms with E-state index in [2.05, 4.69) is 71.4 Å². The number of ether oxygens (including phenoxy) is 1. The van der Waals surface area contributed by atoms with Crippen molar-refractivity contribution < 1.29 is 4.74 Å². The lowest BCUT2D eigenvalue weighted by molar-refractivity contribution is -0.0376. The van der Waals surface area contributed by atoms with Crippen molar-refractivity contribution in [3.05, 3.63) is 24.5 Å². The van der Waals surface area contributed by atoms with Crippen LogP contribution < -0.4 is 10.6 Å². The smallest absolute Gasteiger partial charge is 0.149 e. The molecule has 24 heavy (non-hydrogen) atoms. The predicted octanol–water partition coefficient (Wildman–Crippen LogP) is 3.08. The first-order valence-corrected chi connectivity index (χ1v) is 15.8. The van der Waals surface area contributed by atoms with Crippen LogP contribution in [0.2, 0.25) is 39.3 Å². The number of hydrogen-bond donors (Lipinski definition) is 1. The van der Waals surface area contributed by atoms with Crippen LogP contribution in [0.4, 0.5) is 0 Å². The SMILES string of the molecule is C[Si](C)(C)c1ccn[nH]1.C[Si](C)(C)c1ccnn1C1CCCCO1. The van der Waals surface area contributed by atoms with Crippen molar-refractivity contribution in [2.75, 3.05) is 6.61 Å². The number of nitrogens with one attached hydrogen (secondary N) is 1. The van der Waals surface area contributed by atoms with E-state index in [9.17, 15) is 0 Å². The van der Waals surface area contributed by atoms with Gasteiger partial charge in [0, 0.05) is 29.6 Å². The molecule has 2 aromatic rings. The van der Waals surface area contributed by atoms with E-state index in [-0.39, 0.29) is 6.23 Å². The summed E-state index contributed by atoms with van der Waals surface area (Å²) in [7, 11) is -2.39. The molecule has 1 fully saturated rings. The maximum Gasteiger partial charge on any atom is 0.149 e. The molecule has 0 radical (unpaired) electrons. The average molecular weight is 365 g/mol. The third-order valence-corrected chi connectivity index (χ3v) is 8.00. The quantitative estimate of drug-likeness (QED) is 0.852. The van der Waals surface area contributed by atoms with Crippen molar-refractivity contribution >= 4 is 26.8 Å². The van der Waals surface area contributed by atoms with Gasteiger partial charge in [-0.25, -0.2) is 4.68 Å². The molecule has 0 saturated carbocycles. The van der Waals surface area contributed by atoms with E-state index in [0.717, 1.165) is 13.0 Å². The highest BCUT2D eigenvalue weighted by atomic mass is 28.3. The minimum Gasteiger partial charge on any atom is -0.357 e. The van der Waals surface area contributed by atoms with Crippen LogP contribution in [0.1, 0.15) is 25.5 Å². The van der Waals surface area contributed by atoms with Crippen LogP contribution in [0.5, 0.6) is 0 Å². The summed E-state index contributed by atoms with van der Waals surface area (Å²) in [6, 6.07) is 4.22. The van der Waals surface area contributed by atoms with Crippen LogP contribution >= 0.6 is 0 Å². The number of hydrogen-bond acceptors (Lipinski definition) is 3. The van der Waals surface area contributed by atoms with Gasteiger partial charge < -0.3 is 4.74 Å². The Hall–Kier alpha value is -1.19. The first-order chi connectivity index (χ1) is 11.2. The van der Waals surface area contributed by atoms with Crippen LogP contribution in [0.25, 0.3) is 0 Å². The van der Waals surface area contributed by atoms with Gasteiger partial charge in [0.1, 0.15) is 22.4 Å². The van der Waals surface area contributed by atoms with E-state index in [1.165, 1.54) is 23.5 Å². The average Bonchev–Trinajstić information content (AvgIpc) is 3.19. The second kappa shape index (κ2) is 7.80. The Labute approximate surface area is 147 Å². The molecule has 1 atom stereocenters. The van der Waals surface area contributed by atoms with Gasteiger partial charge in [0.15, 0.2) is 0 Å². The Morgan fingerprint density at radius 1 is 1.04 bits per heavy atom. The van der Waals surface area contributed by atoms with Gasteiger partial charge in [0.25, 0.3) is 0 Å². The summed E-state index contributed by atoms with van der Waals surface area (Å²) >= 11 is 0. The van der Waals surface area contributed by atoms with Crippen LogP contribution in [-0.4, -0.2) is 42.7 Å². The number of nitrogens with zero attached hydrogens (tertiary/aromatic N) is 3. The first kappa shape index (κ1) is 19.1. The molecular weight excluding hydrogens is 332 g/mol. The highest BCUT2D eigenvalue weighted by molar-refractivity contribution is 6.88. The van der Waals surface area contributed by atoms with Gasteiger partial charge >= 0.3 is 0 Å². The van der Waals surface area contributed by atoms with E-state index in [1.807, 2.05) is 12.4 Å². The first-order valence-electron chi connectivity index (χ1n) is 8.85. The topological polar surface area (TPSA) is 55.7 Å². The lowest BCUT2D eigenvalue weighted by Crippen LogP contribution is -2.45. The predicted molar refractivity (Wildman–Crippen MR) is 106 cm³/mol. The highest BCUT2D eigenvalue weighted by Gasteiger charge is 2.26. The molecule has 1 saturated heterocycles. The van der Waals surface area contributed by atoms with E-state index in [4.69, 9.17) is 4.74 Å². The second-order valence-corrected chi connectivity index (χ2v) is 18.5. The summed E-state index contributed by atoms with van der Waals surface area (Å²) in [5, 5.41) is 14.0. The van der Waals surface area contributed by atoms with Crippen LogP contribution in [0.3, 0.4) is 0 Å². The van der Waals surface area contributed by atoms with E-state index >= 15 is 0 Å². The summed E-state index contributed by atoms with van der Waals surface area (Å²) in [6.45, 7) is 14.8. The van der Waals surface area contributed by atoms with Crippen molar-refractivity contribution in [1.82, 2.24) is 20.0 Å². The molecule has 0 spiro atoms. The van der Waals surface area contributed by atoms with Crippen molar-refractivity contribution in [3.8, 4) is 0 Å². The van der Waals surface area contributed by atoms with Gasteiger partial charge in [0.2, 0.25) is 0 Å². The van der Waals surface area contributed by atoms with Gasteiger partial charge in [-0.1, -0.05) is 39.3 Å². The van der Waals surface area contributed by atoms with Crippen molar-refractivity contribution in [1.29, 1.82) is 0 Å². The molecule has 7 heteroatoms. The fraction of sp³-hybridized carbons (Fsp3) is 0.647. The zero-order valence-corrected chi connectivity index (χ0v) is 18.0. The van der Waals surface area contributed by atoms with Crippen LogP contribution in [0, 0.1) is 0 Å². The Morgan fingerprint density at radius 3 is 2.25 bits per heavy atom. The summed E-state index contributed by atoms with van der Waals surface area (Å²) in [5.41, 5.74) is 0. The molecule has 0 aromatic carbocycles. The molecule has 1 aliphatic rings. The minimum atomic E-state index is -1.29. The monoisotopic (exact) mass is 364 g/mol. The normalized spacial score (nSPS) is 18.8. The number of H-pyrrole nitrogens is 1. The number of aromatic amines is 1. The lowest BCUT2D eigenvalue weighted by Gasteiger charge is -2.27. The molecule has 0 aliphatic carbocycles. The molecule has 2 aromatic heterocycles. The second-order valence-electron chi connectivity index (χ2n) is 8.45. The van der Waals surface area contributed by atoms with Crippen molar-refractivity contribution in [2.24, 2.45) is 0 Å². The largest absolute Gasteiger partial charge is 0.357 e. The third kappa shape index (κ3) is 5.15. The Bertz CT molecular complexity index is 605. The molecule has 3 heterocycles. The van der Waals surface area contributed by atoms with Crippen LogP contribution in [0.15, 0.2) is 24.5 Å². The van der Waals surface area contributed by atoms with E-state index < -0.39 is 16.1 Å². The molecular formula is C17H32N4OSi2. The zero-order chi connectivity index (χ0) is 17.8. The van der Waals surface area contributed by atoms with Gasteiger partial charge in [-0.2, -0.15) is 10.2 Å². The fourth-order valence-corrected chi connectivity index (χ4v) is 5.17. The third-order valence-electron chi connectivity index (χ3n) is 4.18. The van der Waals surface area contributed by atoms with Crippen molar-refractivity contribution in [3.63, 3.8) is 0 Å². The molecule has 0 bridgehead atoms. The standard InChI is InChI=1S/C11H20N2OSi.C6H12N2Si/c1-15(2,3)11-7-8-12-13(11)10-6-4-5-9-14-10;1-9(2,3)6-4-5-7-8-6/h7-8,10H,4-6,9H2,1-3H3;4-5H,1-3H3,(H,7,8). The molecule has 1 unspecified atom stereocenters. The molecule has 134 valence electrons. The maximum absolute atomic E-state index is 5.78. The maximum atomic E-state index is 5.78. The van der Waals surface area contributed by atoms with E-state index in [0.29, 0.717) is 0 Å². The molecule has 1 N–H and O–H groups in total. The van der Waals surface area contributed by atoms with Gasteiger partial charge in [-0.3, -0.25) is 5.10 Å². The fourth-order valence-electron chi connectivity index (χ4n) is 2.73. The molecule has 5 nitrogen and oxygen atoms in total. The Kier molecular flexibility index (Phi) is 6.22. The van der Waals surface area contributed by atoms with E-state index in [1.54, 1.807) is 0 Å². The number of rotatable bonds is 3. The molecule has 0 amide bonds. The number of aromatic nitrogens is 4. The van der Waals surface area contributed by atoms with Gasteiger partial charge in [0.05, 0.1) is 0 Å².